The lowest BCUT2D eigenvalue weighted by Gasteiger charge is -2.25. The molecule has 0 bridgehead atoms. The molecule has 0 aliphatic carbocycles. The van der Waals surface area contributed by atoms with Gasteiger partial charge in [-0.2, -0.15) is 0 Å². The first-order chi connectivity index (χ1) is 16.0. The summed E-state index contributed by atoms with van der Waals surface area (Å²) in [6.07, 6.45) is 6.98. The molecule has 0 fully saturated rings. The van der Waals surface area contributed by atoms with E-state index < -0.39 is 5.60 Å². The number of ether oxygens (including phenoxy) is 2. The van der Waals surface area contributed by atoms with Gasteiger partial charge < -0.3 is 9.47 Å². The van der Waals surface area contributed by atoms with E-state index in [1.54, 1.807) is 0 Å². The fraction of sp³-hybridized carbons (Fsp3) is 0.516. The largest absolute Gasteiger partial charge is 0.462 e. The first-order valence-corrected chi connectivity index (χ1v) is 12.6. The van der Waals surface area contributed by atoms with Crippen molar-refractivity contribution >= 4 is 34.1 Å². The fourth-order valence-corrected chi connectivity index (χ4v) is 3.67. The van der Waals surface area contributed by atoms with Gasteiger partial charge in [-0.1, -0.05) is 81.7 Å². The number of unbranched alkanes of at least 4 members (excludes halogenated alkanes) is 2. The van der Waals surface area contributed by atoms with Crippen molar-refractivity contribution in [3.05, 3.63) is 53.2 Å². The van der Waals surface area contributed by atoms with Gasteiger partial charge in [0.15, 0.2) is 0 Å². The summed E-state index contributed by atoms with van der Waals surface area (Å²) >= 11 is 0. The number of aryl methyl sites for hydroxylation is 1. The maximum Gasteiger partial charge on any atom is 0.293 e. The topological polar surface area (TPSA) is 35.5 Å². The Morgan fingerprint density at radius 2 is 1.44 bits per heavy atom. The van der Waals surface area contributed by atoms with Crippen molar-refractivity contribution in [3.63, 3.8) is 0 Å². The molecule has 0 saturated heterocycles. The highest BCUT2D eigenvalue weighted by Gasteiger charge is 2.20. The molecule has 0 atom stereocenters. The molecule has 3 aromatic rings. The minimum atomic E-state index is -0.424. The van der Waals surface area contributed by atoms with E-state index in [1.807, 2.05) is 34.6 Å². The SMILES string of the molecule is C/C=c1/ccc2cccc3ccc(C)c1c32.CC(C)(C)OCCC(C)(C)OC=O.CCCCC. The monoisotopic (exact) mass is 466 g/mol. The van der Waals surface area contributed by atoms with Crippen LogP contribution in [0.1, 0.15) is 86.6 Å². The second-order valence-electron chi connectivity index (χ2n) is 10.3. The molecule has 0 saturated carbocycles. The van der Waals surface area contributed by atoms with Crippen LogP contribution in [0.25, 0.3) is 27.6 Å². The molecule has 3 nitrogen and oxygen atoms in total. The van der Waals surface area contributed by atoms with Crippen molar-refractivity contribution in [2.24, 2.45) is 0 Å². The molecule has 0 N–H and O–H groups in total. The molecular weight excluding hydrogens is 420 g/mol. The number of carbonyl (C=O) groups excluding carboxylic acids is 1. The van der Waals surface area contributed by atoms with Crippen molar-refractivity contribution < 1.29 is 14.3 Å². The molecule has 188 valence electrons. The molecule has 3 aromatic carbocycles. The average Bonchev–Trinajstić information content (AvgIpc) is 2.76. The second kappa shape index (κ2) is 14.1. The highest BCUT2D eigenvalue weighted by Crippen LogP contribution is 2.26. The summed E-state index contributed by atoms with van der Waals surface area (Å²) < 4.78 is 10.4. The van der Waals surface area contributed by atoms with Crippen LogP contribution in [0, 0.1) is 6.92 Å². The Kier molecular flexibility index (Phi) is 12.3. The number of benzene rings is 3. The predicted molar refractivity (Wildman–Crippen MR) is 148 cm³/mol. The van der Waals surface area contributed by atoms with Crippen molar-refractivity contribution in [1.82, 2.24) is 0 Å². The Balaban J connectivity index is 0.000000291. The summed E-state index contributed by atoms with van der Waals surface area (Å²) in [6, 6.07) is 15.4. The van der Waals surface area contributed by atoms with Gasteiger partial charge in [-0.25, -0.2) is 0 Å². The predicted octanol–water partition coefficient (Wildman–Crippen LogP) is 8.16. The minimum Gasteiger partial charge on any atom is -0.462 e. The number of rotatable bonds is 7. The van der Waals surface area contributed by atoms with E-state index in [9.17, 15) is 4.79 Å². The van der Waals surface area contributed by atoms with Gasteiger partial charge in [0, 0.05) is 6.42 Å². The summed E-state index contributed by atoms with van der Waals surface area (Å²) in [7, 11) is 0. The van der Waals surface area contributed by atoms with E-state index in [4.69, 9.17) is 9.47 Å². The Morgan fingerprint density at radius 3 is 1.91 bits per heavy atom. The van der Waals surface area contributed by atoms with Gasteiger partial charge in [0.1, 0.15) is 5.60 Å². The number of hydrogen-bond donors (Lipinski definition) is 0. The third-order valence-corrected chi connectivity index (χ3v) is 5.64. The zero-order valence-electron chi connectivity index (χ0n) is 23.0. The van der Waals surface area contributed by atoms with Gasteiger partial charge in [0.2, 0.25) is 0 Å². The lowest BCUT2D eigenvalue weighted by Crippen LogP contribution is -2.28. The Morgan fingerprint density at radius 1 is 0.853 bits per heavy atom. The van der Waals surface area contributed by atoms with Gasteiger partial charge in [0.05, 0.1) is 12.2 Å². The molecule has 3 rings (SSSR count). The molecule has 0 radical (unpaired) electrons. The van der Waals surface area contributed by atoms with E-state index in [2.05, 4.69) is 76.2 Å². The Labute approximate surface area is 207 Å². The summed E-state index contributed by atoms with van der Waals surface area (Å²) in [5, 5.41) is 6.81. The molecule has 0 spiro atoms. The summed E-state index contributed by atoms with van der Waals surface area (Å²) in [5.74, 6) is 0. The molecule has 34 heavy (non-hydrogen) atoms. The van der Waals surface area contributed by atoms with E-state index in [1.165, 1.54) is 51.6 Å². The summed E-state index contributed by atoms with van der Waals surface area (Å²) in [6.45, 7) is 19.5. The van der Waals surface area contributed by atoms with Crippen LogP contribution in [-0.2, 0) is 14.3 Å². The van der Waals surface area contributed by atoms with Crippen LogP contribution in [-0.4, -0.2) is 24.3 Å². The average molecular weight is 467 g/mol. The summed E-state index contributed by atoms with van der Waals surface area (Å²) in [5.41, 5.74) is 0.807. The fourth-order valence-electron chi connectivity index (χ4n) is 3.67. The zero-order chi connectivity index (χ0) is 25.8. The van der Waals surface area contributed by atoms with Crippen molar-refractivity contribution in [3.8, 4) is 0 Å². The van der Waals surface area contributed by atoms with Crippen LogP contribution >= 0.6 is 0 Å². The standard InChI is InChI=1S/C16H14.C10H20O3.C5H12/c1-3-12-9-10-14-6-4-5-13-8-7-11(2)15(12)16(13)14;1-9(2,3)12-7-6-10(4,5)13-8-11;1-3-5-4-2/h3-10H,1-2H3;8H,6-7H2,1-5H3;3-5H2,1-2H3/b12-3-;;. The Bertz CT molecular complexity index is 1040. The van der Waals surface area contributed by atoms with Crippen LogP contribution in [0.5, 0.6) is 0 Å². The molecule has 0 aliphatic heterocycles. The first-order valence-electron chi connectivity index (χ1n) is 12.6. The van der Waals surface area contributed by atoms with Crippen molar-refractivity contribution in [1.29, 1.82) is 0 Å². The van der Waals surface area contributed by atoms with Gasteiger partial charge >= 0.3 is 0 Å². The Hall–Kier alpha value is -2.39. The molecular formula is C31H46O3. The molecule has 3 heteroatoms. The van der Waals surface area contributed by atoms with Gasteiger partial charge in [-0.3, -0.25) is 4.79 Å². The number of hydrogen-bond acceptors (Lipinski definition) is 3. The molecule has 0 heterocycles. The van der Waals surface area contributed by atoms with Gasteiger partial charge in [-0.05, 0) is 80.8 Å². The number of carbonyl (C=O) groups is 1. The second-order valence-corrected chi connectivity index (χ2v) is 10.3. The molecule has 0 unspecified atom stereocenters. The quantitative estimate of drug-likeness (QED) is 0.329. The van der Waals surface area contributed by atoms with E-state index in [0.717, 1.165) is 0 Å². The first kappa shape index (κ1) is 29.6. The minimum absolute atomic E-state index is 0.128. The van der Waals surface area contributed by atoms with Gasteiger partial charge in [0.25, 0.3) is 6.47 Å². The normalized spacial score (nSPS) is 12.1. The molecule has 0 aromatic heterocycles. The maximum atomic E-state index is 10.1. The molecule has 0 aliphatic rings. The zero-order valence-corrected chi connectivity index (χ0v) is 23.0. The third-order valence-electron chi connectivity index (χ3n) is 5.64. The lowest BCUT2D eigenvalue weighted by atomic mass is 9.96. The highest BCUT2D eigenvalue weighted by atomic mass is 16.5. The molecule has 0 amide bonds. The third kappa shape index (κ3) is 9.85. The van der Waals surface area contributed by atoms with Gasteiger partial charge in [-0.15, -0.1) is 0 Å². The van der Waals surface area contributed by atoms with E-state index >= 15 is 0 Å². The van der Waals surface area contributed by atoms with Crippen LogP contribution in [0.2, 0.25) is 0 Å². The van der Waals surface area contributed by atoms with Crippen LogP contribution in [0.3, 0.4) is 0 Å². The van der Waals surface area contributed by atoms with E-state index in [0.29, 0.717) is 19.5 Å². The maximum absolute atomic E-state index is 10.1. The van der Waals surface area contributed by atoms with E-state index in [-0.39, 0.29) is 5.60 Å². The highest BCUT2D eigenvalue weighted by molar-refractivity contribution is 6.11. The summed E-state index contributed by atoms with van der Waals surface area (Å²) in [4.78, 5) is 10.1. The lowest BCUT2D eigenvalue weighted by molar-refractivity contribution is -0.142. The van der Waals surface area contributed by atoms with Crippen molar-refractivity contribution in [2.75, 3.05) is 6.61 Å². The van der Waals surface area contributed by atoms with Crippen molar-refractivity contribution in [2.45, 2.75) is 99.2 Å². The van der Waals surface area contributed by atoms with Crippen LogP contribution in [0.15, 0.2) is 42.5 Å². The van der Waals surface area contributed by atoms with Crippen LogP contribution < -0.4 is 5.22 Å². The van der Waals surface area contributed by atoms with Crippen LogP contribution in [0.4, 0.5) is 0 Å². The smallest absolute Gasteiger partial charge is 0.293 e.